The number of rotatable bonds is 3. The van der Waals surface area contributed by atoms with Crippen LogP contribution in [0.15, 0.2) is 48.5 Å². The third-order valence-electron chi connectivity index (χ3n) is 2.53. The van der Waals surface area contributed by atoms with Crippen molar-refractivity contribution in [2.45, 2.75) is 0 Å². The number of carbonyl (C=O) groups excluding carboxylic acids is 1. The molecule has 96 valence electrons. The Bertz CT molecular complexity index is 633. The lowest BCUT2D eigenvalue weighted by Gasteiger charge is -1.98. The van der Waals surface area contributed by atoms with Crippen LogP contribution in [0.3, 0.4) is 0 Å². The van der Waals surface area contributed by atoms with Gasteiger partial charge in [-0.05, 0) is 48.0 Å². The number of benzene rings is 2. The van der Waals surface area contributed by atoms with Crippen LogP contribution < -0.4 is 0 Å². The summed E-state index contributed by atoms with van der Waals surface area (Å²) in [6.07, 6.45) is 2.95. The second kappa shape index (κ2) is 5.67. The molecule has 19 heavy (non-hydrogen) atoms. The Morgan fingerprint density at radius 2 is 1.84 bits per heavy atom. The summed E-state index contributed by atoms with van der Waals surface area (Å²) in [4.78, 5) is 11.8. The molecule has 0 heterocycles. The van der Waals surface area contributed by atoms with E-state index in [-0.39, 0.29) is 22.4 Å². The first-order chi connectivity index (χ1) is 9.06. The van der Waals surface area contributed by atoms with Gasteiger partial charge in [-0.25, -0.2) is 4.39 Å². The molecule has 0 amide bonds. The molecule has 0 aromatic heterocycles. The molecule has 2 aromatic carbocycles. The number of hydrogen-bond donors (Lipinski definition) is 1. The SMILES string of the molecule is O=C(C=Cc1ccc(O)c(Cl)c1)c1ccc(F)cc1. The molecule has 2 nitrogen and oxygen atoms in total. The topological polar surface area (TPSA) is 37.3 Å². The molecule has 0 radical (unpaired) electrons. The monoisotopic (exact) mass is 276 g/mol. The van der Waals surface area contributed by atoms with Gasteiger partial charge in [0, 0.05) is 5.56 Å². The summed E-state index contributed by atoms with van der Waals surface area (Å²) in [6, 6.07) is 9.94. The van der Waals surface area contributed by atoms with Crippen LogP contribution in [-0.4, -0.2) is 10.9 Å². The van der Waals surface area contributed by atoms with Gasteiger partial charge in [-0.1, -0.05) is 23.7 Å². The summed E-state index contributed by atoms with van der Waals surface area (Å²) in [6.45, 7) is 0. The molecule has 1 N–H and O–H groups in total. The van der Waals surface area contributed by atoms with Crippen LogP contribution in [0.2, 0.25) is 5.02 Å². The number of ketones is 1. The second-order valence-electron chi connectivity index (χ2n) is 3.92. The fourth-order valence-corrected chi connectivity index (χ4v) is 1.70. The van der Waals surface area contributed by atoms with E-state index in [2.05, 4.69) is 0 Å². The van der Waals surface area contributed by atoms with Crippen LogP contribution >= 0.6 is 11.6 Å². The van der Waals surface area contributed by atoms with Crippen molar-refractivity contribution in [3.8, 4) is 5.75 Å². The van der Waals surface area contributed by atoms with E-state index in [9.17, 15) is 14.3 Å². The van der Waals surface area contributed by atoms with Crippen molar-refractivity contribution in [2.24, 2.45) is 0 Å². The van der Waals surface area contributed by atoms with Crippen LogP contribution in [0, 0.1) is 5.82 Å². The summed E-state index contributed by atoms with van der Waals surface area (Å²) in [5.41, 5.74) is 1.10. The molecule has 0 saturated carbocycles. The molecule has 0 atom stereocenters. The van der Waals surface area contributed by atoms with Gasteiger partial charge < -0.3 is 5.11 Å². The van der Waals surface area contributed by atoms with Gasteiger partial charge in [0.15, 0.2) is 5.78 Å². The van der Waals surface area contributed by atoms with Gasteiger partial charge in [0.2, 0.25) is 0 Å². The predicted molar refractivity (Wildman–Crippen MR) is 72.9 cm³/mol. The number of allylic oxidation sites excluding steroid dienone is 1. The standard InChI is InChI=1S/C15H10ClFO2/c16-13-9-10(2-8-15(13)19)1-7-14(18)11-3-5-12(17)6-4-11/h1-9,19H. The van der Waals surface area contributed by atoms with Gasteiger partial charge in [-0.2, -0.15) is 0 Å². The smallest absolute Gasteiger partial charge is 0.185 e. The van der Waals surface area contributed by atoms with Crippen molar-refractivity contribution < 1.29 is 14.3 Å². The summed E-state index contributed by atoms with van der Waals surface area (Å²) >= 11 is 5.75. The van der Waals surface area contributed by atoms with Gasteiger partial charge >= 0.3 is 0 Å². The highest BCUT2D eigenvalue weighted by Crippen LogP contribution is 2.24. The molecule has 0 saturated heterocycles. The Morgan fingerprint density at radius 3 is 2.47 bits per heavy atom. The Labute approximate surface area is 114 Å². The van der Waals surface area contributed by atoms with Crippen molar-refractivity contribution in [3.63, 3.8) is 0 Å². The van der Waals surface area contributed by atoms with E-state index in [0.717, 1.165) is 0 Å². The highest BCUT2D eigenvalue weighted by molar-refractivity contribution is 6.32. The van der Waals surface area contributed by atoms with Gasteiger partial charge in [0.1, 0.15) is 11.6 Å². The fraction of sp³-hybridized carbons (Fsp3) is 0. The third-order valence-corrected chi connectivity index (χ3v) is 2.83. The third kappa shape index (κ3) is 3.42. The second-order valence-corrected chi connectivity index (χ2v) is 4.32. The van der Waals surface area contributed by atoms with E-state index in [1.807, 2.05) is 0 Å². The number of aromatic hydroxyl groups is 1. The molecule has 0 spiro atoms. The highest BCUT2D eigenvalue weighted by Gasteiger charge is 2.02. The van der Waals surface area contributed by atoms with Gasteiger partial charge in [-0.15, -0.1) is 0 Å². The molecule has 0 fully saturated rings. The summed E-state index contributed by atoms with van der Waals surface area (Å²) in [5, 5.41) is 9.49. The summed E-state index contributed by atoms with van der Waals surface area (Å²) in [7, 11) is 0. The first kappa shape index (κ1) is 13.3. The Kier molecular flexibility index (Phi) is 3.97. The molecular formula is C15H10ClFO2. The maximum Gasteiger partial charge on any atom is 0.185 e. The molecule has 0 aliphatic rings. The minimum Gasteiger partial charge on any atom is -0.506 e. The maximum atomic E-state index is 12.7. The number of phenolic OH excluding ortho intramolecular Hbond substituents is 1. The average molecular weight is 277 g/mol. The van der Waals surface area contributed by atoms with Crippen molar-refractivity contribution in [2.75, 3.05) is 0 Å². The average Bonchev–Trinajstić information content (AvgIpc) is 2.40. The molecule has 0 aliphatic heterocycles. The van der Waals surface area contributed by atoms with Crippen LogP contribution in [0.4, 0.5) is 4.39 Å². The Hall–Kier alpha value is -2.13. The van der Waals surface area contributed by atoms with Gasteiger partial charge in [0.25, 0.3) is 0 Å². The Morgan fingerprint density at radius 1 is 1.16 bits per heavy atom. The van der Waals surface area contributed by atoms with Crippen LogP contribution in [0.25, 0.3) is 6.08 Å². The van der Waals surface area contributed by atoms with E-state index >= 15 is 0 Å². The normalized spacial score (nSPS) is 10.8. The number of hydrogen-bond acceptors (Lipinski definition) is 2. The first-order valence-corrected chi connectivity index (χ1v) is 5.90. The van der Waals surface area contributed by atoms with Crippen molar-refractivity contribution in [1.29, 1.82) is 0 Å². The summed E-state index contributed by atoms with van der Waals surface area (Å²) < 4.78 is 12.7. The lowest BCUT2D eigenvalue weighted by atomic mass is 10.1. The zero-order valence-corrected chi connectivity index (χ0v) is 10.6. The number of carbonyl (C=O) groups is 1. The van der Waals surface area contributed by atoms with E-state index in [0.29, 0.717) is 11.1 Å². The first-order valence-electron chi connectivity index (χ1n) is 5.53. The highest BCUT2D eigenvalue weighted by atomic mass is 35.5. The molecule has 4 heteroatoms. The van der Waals surface area contributed by atoms with Crippen molar-refractivity contribution in [1.82, 2.24) is 0 Å². The minimum atomic E-state index is -0.383. The molecule has 0 unspecified atom stereocenters. The van der Waals surface area contributed by atoms with Crippen LogP contribution in [0.1, 0.15) is 15.9 Å². The van der Waals surface area contributed by atoms with Gasteiger partial charge in [0.05, 0.1) is 5.02 Å². The minimum absolute atomic E-state index is 0.0105. The van der Waals surface area contributed by atoms with E-state index in [4.69, 9.17) is 11.6 Å². The number of phenols is 1. The van der Waals surface area contributed by atoms with Crippen LogP contribution in [-0.2, 0) is 0 Å². The van der Waals surface area contributed by atoms with Crippen molar-refractivity contribution in [3.05, 3.63) is 70.5 Å². The lowest BCUT2D eigenvalue weighted by Crippen LogP contribution is -1.93. The maximum absolute atomic E-state index is 12.7. The lowest BCUT2D eigenvalue weighted by molar-refractivity contribution is 0.104. The van der Waals surface area contributed by atoms with Gasteiger partial charge in [-0.3, -0.25) is 4.79 Å². The number of halogens is 2. The molecule has 0 bridgehead atoms. The predicted octanol–water partition coefficient (Wildman–Crippen LogP) is 4.08. The van der Waals surface area contributed by atoms with E-state index < -0.39 is 0 Å². The van der Waals surface area contributed by atoms with E-state index in [1.165, 1.54) is 36.4 Å². The molecule has 2 aromatic rings. The molecule has 0 aliphatic carbocycles. The van der Waals surface area contributed by atoms with Crippen LogP contribution in [0.5, 0.6) is 5.75 Å². The zero-order chi connectivity index (χ0) is 13.8. The van der Waals surface area contributed by atoms with E-state index in [1.54, 1.807) is 18.2 Å². The zero-order valence-electron chi connectivity index (χ0n) is 9.81. The largest absolute Gasteiger partial charge is 0.506 e. The van der Waals surface area contributed by atoms with Crippen molar-refractivity contribution >= 4 is 23.5 Å². The quantitative estimate of drug-likeness (QED) is 0.677. The summed E-state index contributed by atoms with van der Waals surface area (Å²) in [5.74, 6) is -0.626. The molecule has 2 rings (SSSR count). The Balaban J connectivity index is 2.15. The fourth-order valence-electron chi connectivity index (χ4n) is 1.51. The molecular weight excluding hydrogens is 267 g/mol.